The summed E-state index contributed by atoms with van der Waals surface area (Å²) in [6.07, 6.45) is 2.27. The summed E-state index contributed by atoms with van der Waals surface area (Å²) in [6.45, 7) is 14.6. The maximum Gasteiger partial charge on any atom is 0.0859 e. The van der Waals surface area contributed by atoms with Gasteiger partial charge in [0.15, 0.2) is 0 Å². The molecule has 0 amide bonds. The van der Waals surface area contributed by atoms with E-state index in [1.54, 1.807) is 0 Å². The average molecular weight is 245 g/mol. The first-order chi connectivity index (χ1) is 7.68. The highest BCUT2D eigenvalue weighted by Gasteiger charge is 2.25. The minimum atomic E-state index is -0.255. The SMILES string of the molecule is CC(C)CCC(C)(C)OCC(C)(C)OCCN. The number of nitrogens with two attached hydrogens (primary N) is 1. The van der Waals surface area contributed by atoms with Crippen molar-refractivity contribution in [2.45, 2.75) is 65.6 Å². The molecule has 0 aromatic rings. The fourth-order valence-corrected chi connectivity index (χ4v) is 1.45. The minimum Gasteiger partial charge on any atom is -0.373 e. The first-order valence-corrected chi connectivity index (χ1v) is 6.66. The fourth-order valence-electron chi connectivity index (χ4n) is 1.45. The van der Waals surface area contributed by atoms with Crippen molar-refractivity contribution in [2.24, 2.45) is 11.7 Å². The molecule has 3 heteroatoms. The Morgan fingerprint density at radius 2 is 1.59 bits per heavy atom. The van der Waals surface area contributed by atoms with E-state index in [2.05, 4.69) is 27.7 Å². The number of ether oxygens (including phenoxy) is 2. The lowest BCUT2D eigenvalue weighted by Gasteiger charge is -2.32. The van der Waals surface area contributed by atoms with E-state index in [0.29, 0.717) is 19.8 Å². The molecule has 2 N–H and O–H groups in total. The molecule has 0 aliphatic rings. The predicted octanol–water partition coefficient (Wildman–Crippen LogP) is 2.97. The summed E-state index contributed by atoms with van der Waals surface area (Å²) in [5, 5.41) is 0. The largest absolute Gasteiger partial charge is 0.373 e. The van der Waals surface area contributed by atoms with Gasteiger partial charge in [0.05, 0.1) is 24.4 Å². The molecule has 0 aromatic carbocycles. The molecule has 0 aliphatic carbocycles. The van der Waals surface area contributed by atoms with E-state index in [1.807, 2.05) is 13.8 Å². The highest BCUT2D eigenvalue weighted by molar-refractivity contribution is 4.74. The molecule has 17 heavy (non-hydrogen) atoms. The lowest BCUT2D eigenvalue weighted by Crippen LogP contribution is -2.37. The molecule has 0 saturated heterocycles. The van der Waals surface area contributed by atoms with Gasteiger partial charge in [0.1, 0.15) is 0 Å². The summed E-state index contributed by atoms with van der Waals surface area (Å²) in [4.78, 5) is 0. The number of hydrogen-bond donors (Lipinski definition) is 1. The van der Waals surface area contributed by atoms with E-state index in [9.17, 15) is 0 Å². The molecular formula is C14H31NO2. The highest BCUT2D eigenvalue weighted by atomic mass is 16.6. The van der Waals surface area contributed by atoms with E-state index in [-0.39, 0.29) is 11.2 Å². The normalized spacial score (nSPS) is 13.4. The Hall–Kier alpha value is -0.120. The van der Waals surface area contributed by atoms with E-state index in [4.69, 9.17) is 15.2 Å². The van der Waals surface area contributed by atoms with Gasteiger partial charge in [-0.3, -0.25) is 0 Å². The topological polar surface area (TPSA) is 44.5 Å². The Balaban J connectivity index is 3.98. The van der Waals surface area contributed by atoms with Gasteiger partial charge < -0.3 is 15.2 Å². The molecule has 0 rings (SSSR count). The minimum absolute atomic E-state index is 0.0758. The second-order valence-electron chi connectivity index (χ2n) is 6.38. The van der Waals surface area contributed by atoms with E-state index in [1.165, 1.54) is 6.42 Å². The quantitative estimate of drug-likeness (QED) is 0.679. The van der Waals surface area contributed by atoms with Gasteiger partial charge in [-0.2, -0.15) is 0 Å². The van der Waals surface area contributed by atoms with E-state index < -0.39 is 0 Å². The molecule has 0 aliphatic heterocycles. The summed E-state index contributed by atoms with van der Waals surface area (Å²) in [5.74, 6) is 0.722. The van der Waals surface area contributed by atoms with Gasteiger partial charge in [-0.1, -0.05) is 13.8 Å². The van der Waals surface area contributed by atoms with Gasteiger partial charge in [-0.15, -0.1) is 0 Å². The molecule has 0 bridgehead atoms. The van der Waals surface area contributed by atoms with E-state index in [0.717, 1.165) is 12.3 Å². The molecule has 3 nitrogen and oxygen atoms in total. The van der Waals surface area contributed by atoms with Crippen LogP contribution < -0.4 is 5.73 Å². The van der Waals surface area contributed by atoms with Gasteiger partial charge in [-0.25, -0.2) is 0 Å². The first-order valence-electron chi connectivity index (χ1n) is 6.66. The van der Waals surface area contributed by atoms with Gasteiger partial charge in [0, 0.05) is 6.54 Å². The molecule has 0 aromatic heterocycles. The monoisotopic (exact) mass is 245 g/mol. The molecule has 0 spiro atoms. The molecule has 0 unspecified atom stereocenters. The zero-order valence-electron chi connectivity index (χ0n) is 12.5. The molecule has 0 heterocycles. The summed E-state index contributed by atoms with van der Waals surface area (Å²) in [5.41, 5.74) is 5.10. The Kier molecular flexibility index (Phi) is 7.29. The summed E-state index contributed by atoms with van der Waals surface area (Å²) in [7, 11) is 0. The second kappa shape index (κ2) is 7.34. The summed E-state index contributed by atoms with van der Waals surface area (Å²) >= 11 is 0. The average Bonchev–Trinajstić information content (AvgIpc) is 2.22. The third-order valence-electron chi connectivity index (χ3n) is 2.74. The predicted molar refractivity (Wildman–Crippen MR) is 73.2 cm³/mol. The van der Waals surface area contributed by atoms with Crippen LogP contribution in [0, 0.1) is 5.92 Å². The van der Waals surface area contributed by atoms with Crippen molar-refractivity contribution in [1.29, 1.82) is 0 Å². The van der Waals surface area contributed by atoms with Crippen LogP contribution in [0.3, 0.4) is 0 Å². The number of rotatable bonds is 9. The molecule has 0 radical (unpaired) electrons. The van der Waals surface area contributed by atoms with Crippen LogP contribution in [0.2, 0.25) is 0 Å². The van der Waals surface area contributed by atoms with Crippen molar-refractivity contribution in [3.05, 3.63) is 0 Å². The van der Waals surface area contributed by atoms with Crippen LogP contribution in [0.4, 0.5) is 0 Å². The highest BCUT2D eigenvalue weighted by Crippen LogP contribution is 2.22. The molecular weight excluding hydrogens is 214 g/mol. The van der Waals surface area contributed by atoms with Crippen molar-refractivity contribution in [3.63, 3.8) is 0 Å². The third kappa shape index (κ3) is 9.57. The second-order valence-corrected chi connectivity index (χ2v) is 6.38. The van der Waals surface area contributed by atoms with Crippen LogP contribution in [0.25, 0.3) is 0 Å². The Labute approximate surface area is 107 Å². The lowest BCUT2D eigenvalue weighted by molar-refractivity contribution is -0.121. The van der Waals surface area contributed by atoms with Gasteiger partial charge in [0.2, 0.25) is 0 Å². The van der Waals surface area contributed by atoms with Crippen molar-refractivity contribution < 1.29 is 9.47 Å². The van der Waals surface area contributed by atoms with Gasteiger partial charge in [0.25, 0.3) is 0 Å². The van der Waals surface area contributed by atoms with Crippen LogP contribution in [0.15, 0.2) is 0 Å². The summed E-state index contributed by atoms with van der Waals surface area (Å²) in [6, 6.07) is 0. The molecule has 0 saturated carbocycles. The maximum absolute atomic E-state index is 5.98. The molecule has 104 valence electrons. The Morgan fingerprint density at radius 1 is 1.00 bits per heavy atom. The summed E-state index contributed by atoms with van der Waals surface area (Å²) < 4.78 is 11.6. The Bertz CT molecular complexity index is 200. The first kappa shape index (κ1) is 16.9. The zero-order chi connectivity index (χ0) is 13.5. The van der Waals surface area contributed by atoms with Crippen molar-refractivity contribution in [1.82, 2.24) is 0 Å². The van der Waals surface area contributed by atoms with Crippen LogP contribution in [-0.4, -0.2) is 31.0 Å². The Morgan fingerprint density at radius 3 is 2.06 bits per heavy atom. The molecule has 0 fully saturated rings. The third-order valence-corrected chi connectivity index (χ3v) is 2.74. The van der Waals surface area contributed by atoms with Crippen molar-refractivity contribution >= 4 is 0 Å². The van der Waals surface area contributed by atoms with Gasteiger partial charge >= 0.3 is 0 Å². The smallest absolute Gasteiger partial charge is 0.0859 e. The standard InChI is InChI=1S/C14H31NO2/c1-12(2)7-8-13(3,4)17-11-14(5,6)16-10-9-15/h12H,7-11,15H2,1-6H3. The number of hydrogen-bond acceptors (Lipinski definition) is 3. The zero-order valence-corrected chi connectivity index (χ0v) is 12.5. The van der Waals surface area contributed by atoms with Crippen LogP contribution >= 0.6 is 0 Å². The van der Waals surface area contributed by atoms with Gasteiger partial charge in [-0.05, 0) is 46.5 Å². The fraction of sp³-hybridized carbons (Fsp3) is 1.00. The van der Waals surface area contributed by atoms with Crippen LogP contribution in [-0.2, 0) is 9.47 Å². The van der Waals surface area contributed by atoms with Crippen molar-refractivity contribution in [3.8, 4) is 0 Å². The molecule has 0 atom stereocenters. The maximum atomic E-state index is 5.98. The van der Waals surface area contributed by atoms with E-state index >= 15 is 0 Å². The lowest BCUT2D eigenvalue weighted by atomic mass is 9.96. The van der Waals surface area contributed by atoms with Crippen molar-refractivity contribution in [2.75, 3.05) is 19.8 Å². The van der Waals surface area contributed by atoms with Crippen LogP contribution in [0.1, 0.15) is 54.4 Å². The van der Waals surface area contributed by atoms with Crippen LogP contribution in [0.5, 0.6) is 0 Å².